The third-order valence-electron chi connectivity index (χ3n) is 3.05. The molecule has 0 amide bonds. The molecule has 3 nitrogen and oxygen atoms in total. The van der Waals surface area contributed by atoms with Gasteiger partial charge in [-0.05, 0) is 32.4 Å². The smallest absolute Gasteiger partial charge is 0.309 e. The van der Waals surface area contributed by atoms with E-state index in [0.717, 1.165) is 18.5 Å². The lowest BCUT2D eigenvalue weighted by molar-refractivity contribution is -0.139. The maximum Gasteiger partial charge on any atom is 0.309 e. The number of methoxy groups -OCH3 is 1. The van der Waals surface area contributed by atoms with E-state index in [1.54, 1.807) is 0 Å². The number of ether oxygens (including phenoxy) is 1. The second kappa shape index (κ2) is 5.91. The number of esters is 1. The Morgan fingerprint density at radius 1 is 1.60 bits per heavy atom. The first-order valence-electron chi connectivity index (χ1n) is 5.64. The van der Waals surface area contributed by atoms with Crippen molar-refractivity contribution in [3.8, 4) is 0 Å². The van der Waals surface area contributed by atoms with Crippen molar-refractivity contribution in [1.82, 2.24) is 4.90 Å². The maximum absolute atomic E-state index is 11.1. The van der Waals surface area contributed by atoms with Crippen LogP contribution in [0.5, 0.6) is 0 Å². The quantitative estimate of drug-likeness (QED) is 0.514. The van der Waals surface area contributed by atoms with E-state index in [-0.39, 0.29) is 5.97 Å². The van der Waals surface area contributed by atoms with Gasteiger partial charge in [0.1, 0.15) is 0 Å². The van der Waals surface area contributed by atoms with Crippen LogP contribution in [0.15, 0.2) is 12.2 Å². The van der Waals surface area contributed by atoms with Crippen molar-refractivity contribution in [2.45, 2.75) is 38.6 Å². The molecule has 3 heteroatoms. The molecule has 0 aromatic rings. The molecule has 0 radical (unpaired) electrons. The first kappa shape index (κ1) is 12.2. The van der Waals surface area contributed by atoms with Gasteiger partial charge in [-0.15, -0.1) is 0 Å². The van der Waals surface area contributed by atoms with Crippen LogP contribution in [0.4, 0.5) is 0 Å². The highest BCUT2D eigenvalue weighted by molar-refractivity contribution is 5.72. The molecular formula is C12H21NO2. The maximum atomic E-state index is 11.1. The number of carbonyl (C=O) groups excluding carboxylic acids is 1. The van der Waals surface area contributed by atoms with Gasteiger partial charge in [0.2, 0.25) is 0 Å². The summed E-state index contributed by atoms with van der Waals surface area (Å²) < 4.78 is 4.63. The fraction of sp³-hybridized carbons (Fsp3) is 0.750. The van der Waals surface area contributed by atoms with E-state index in [2.05, 4.69) is 23.1 Å². The van der Waals surface area contributed by atoms with Crippen molar-refractivity contribution in [1.29, 1.82) is 0 Å². The van der Waals surface area contributed by atoms with Crippen LogP contribution in [0.25, 0.3) is 0 Å². The summed E-state index contributed by atoms with van der Waals surface area (Å²) in [6, 6.07) is 0.590. The molecule has 15 heavy (non-hydrogen) atoms. The van der Waals surface area contributed by atoms with E-state index < -0.39 is 0 Å². The van der Waals surface area contributed by atoms with Crippen LogP contribution in [-0.4, -0.2) is 37.1 Å². The molecule has 1 unspecified atom stereocenters. The number of likely N-dealkylation sites (tertiary alicyclic amines) is 1. The first-order valence-corrected chi connectivity index (χ1v) is 5.64. The zero-order chi connectivity index (χ0) is 11.3. The van der Waals surface area contributed by atoms with Crippen molar-refractivity contribution in [2.24, 2.45) is 0 Å². The van der Waals surface area contributed by atoms with E-state index in [1.807, 2.05) is 0 Å². The summed E-state index contributed by atoms with van der Waals surface area (Å²) in [7, 11) is 1.42. The number of hydrogen-bond acceptors (Lipinski definition) is 3. The fourth-order valence-corrected chi connectivity index (χ4v) is 2.22. The van der Waals surface area contributed by atoms with Crippen LogP contribution in [0.3, 0.4) is 0 Å². The summed E-state index contributed by atoms with van der Waals surface area (Å²) in [5.41, 5.74) is 0.993. The standard InChI is InChI=1S/C12H21NO2/c1-4-13-7-5-6-11(13)8-10(2)9-12(14)15-3/h11H,2,4-9H2,1,3H3. The van der Waals surface area contributed by atoms with Gasteiger partial charge in [0.15, 0.2) is 0 Å². The van der Waals surface area contributed by atoms with Gasteiger partial charge < -0.3 is 9.64 Å². The molecule has 0 saturated carbocycles. The molecular weight excluding hydrogens is 190 g/mol. The summed E-state index contributed by atoms with van der Waals surface area (Å²) in [6.45, 7) is 8.41. The zero-order valence-corrected chi connectivity index (χ0v) is 9.79. The van der Waals surface area contributed by atoms with Crippen molar-refractivity contribution < 1.29 is 9.53 Å². The van der Waals surface area contributed by atoms with Crippen LogP contribution < -0.4 is 0 Å². The van der Waals surface area contributed by atoms with Crippen LogP contribution in [0.1, 0.15) is 32.6 Å². The normalized spacial score (nSPS) is 21.6. The zero-order valence-electron chi connectivity index (χ0n) is 9.79. The molecule has 86 valence electrons. The van der Waals surface area contributed by atoms with Gasteiger partial charge in [-0.2, -0.15) is 0 Å². The van der Waals surface area contributed by atoms with Crippen LogP contribution in [0.2, 0.25) is 0 Å². The van der Waals surface area contributed by atoms with Crippen molar-refractivity contribution >= 4 is 5.97 Å². The number of hydrogen-bond donors (Lipinski definition) is 0. The molecule has 0 N–H and O–H groups in total. The molecule has 1 fully saturated rings. The van der Waals surface area contributed by atoms with Gasteiger partial charge in [-0.3, -0.25) is 4.79 Å². The molecule has 1 aliphatic heterocycles. The molecule has 0 aromatic heterocycles. The second-order valence-electron chi connectivity index (χ2n) is 4.13. The number of rotatable bonds is 5. The predicted octanol–water partition coefficient (Wildman–Crippen LogP) is 1.98. The average Bonchev–Trinajstić information content (AvgIpc) is 2.64. The Balaban J connectivity index is 2.34. The molecule has 0 aromatic carbocycles. The molecule has 0 bridgehead atoms. The molecule has 1 heterocycles. The van der Waals surface area contributed by atoms with Gasteiger partial charge in [0.05, 0.1) is 13.5 Å². The van der Waals surface area contributed by atoms with Crippen LogP contribution in [-0.2, 0) is 9.53 Å². The lowest BCUT2D eigenvalue weighted by Gasteiger charge is -2.23. The van der Waals surface area contributed by atoms with Crippen LogP contribution in [0, 0.1) is 0 Å². The summed E-state index contributed by atoms with van der Waals surface area (Å²) in [4.78, 5) is 13.5. The Bertz CT molecular complexity index is 238. The Kier molecular flexibility index (Phi) is 4.82. The third kappa shape index (κ3) is 3.67. The molecule has 1 rings (SSSR count). The van der Waals surface area contributed by atoms with Crippen molar-refractivity contribution in [3.05, 3.63) is 12.2 Å². The SMILES string of the molecule is C=C(CC(=O)OC)CC1CCCN1CC. The van der Waals surface area contributed by atoms with E-state index in [0.29, 0.717) is 12.5 Å². The Labute approximate surface area is 92.1 Å². The third-order valence-corrected chi connectivity index (χ3v) is 3.05. The van der Waals surface area contributed by atoms with Gasteiger partial charge in [-0.1, -0.05) is 19.1 Å². The second-order valence-corrected chi connectivity index (χ2v) is 4.13. The largest absolute Gasteiger partial charge is 0.469 e. The van der Waals surface area contributed by atoms with Gasteiger partial charge in [-0.25, -0.2) is 0 Å². The Morgan fingerprint density at radius 2 is 2.33 bits per heavy atom. The van der Waals surface area contributed by atoms with E-state index in [4.69, 9.17) is 0 Å². The molecule has 1 saturated heterocycles. The summed E-state index contributed by atoms with van der Waals surface area (Å²) >= 11 is 0. The summed E-state index contributed by atoms with van der Waals surface area (Å²) in [5.74, 6) is -0.180. The van der Waals surface area contributed by atoms with E-state index in [9.17, 15) is 4.79 Å². The van der Waals surface area contributed by atoms with Gasteiger partial charge in [0.25, 0.3) is 0 Å². The average molecular weight is 211 g/mol. The topological polar surface area (TPSA) is 29.5 Å². The van der Waals surface area contributed by atoms with Gasteiger partial charge in [0, 0.05) is 6.04 Å². The monoisotopic (exact) mass is 211 g/mol. The molecule has 1 aliphatic rings. The van der Waals surface area contributed by atoms with E-state index >= 15 is 0 Å². The van der Waals surface area contributed by atoms with Crippen molar-refractivity contribution in [2.75, 3.05) is 20.2 Å². The summed E-state index contributed by atoms with van der Waals surface area (Å²) in [6.07, 6.45) is 3.80. The number of carbonyl (C=O) groups is 1. The lowest BCUT2D eigenvalue weighted by Crippen LogP contribution is -2.29. The minimum absolute atomic E-state index is 0.180. The fourth-order valence-electron chi connectivity index (χ4n) is 2.22. The van der Waals surface area contributed by atoms with Crippen LogP contribution >= 0.6 is 0 Å². The highest BCUT2D eigenvalue weighted by Gasteiger charge is 2.23. The lowest BCUT2D eigenvalue weighted by atomic mass is 10.0. The van der Waals surface area contributed by atoms with Crippen molar-refractivity contribution in [3.63, 3.8) is 0 Å². The Morgan fingerprint density at radius 3 is 2.93 bits per heavy atom. The van der Waals surface area contributed by atoms with Gasteiger partial charge >= 0.3 is 5.97 Å². The molecule has 0 spiro atoms. The minimum atomic E-state index is -0.180. The number of nitrogens with zero attached hydrogens (tertiary/aromatic N) is 1. The first-order chi connectivity index (χ1) is 7.17. The molecule has 0 aliphatic carbocycles. The summed E-state index contributed by atoms with van der Waals surface area (Å²) in [5, 5.41) is 0. The van der Waals surface area contributed by atoms with E-state index in [1.165, 1.54) is 26.5 Å². The predicted molar refractivity (Wildman–Crippen MR) is 60.7 cm³/mol. The Hall–Kier alpha value is -0.830. The highest BCUT2D eigenvalue weighted by atomic mass is 16.5. The highest BCUT2D eigenvalue weighted by Crippen LogP contribution is 2.23. The minimum Gasteiger partial charge on any atom is -0.469 e. The molecule has 1 atom stereocenters.